The number of hydrogen-bond acceptors (Lipinski definition) is 3. The summed E-state index contributed by atoms with van der Waals surface area (Å²) in [5, 5.41) is 11.1. The smallest absolute Gasteiger partial charge is 0.166 e. The van der Waals surface area contributed by atoms with Crippen LogP contribution in [0.2, 0.25) is 0 Å². The van der Waals surface area contributed by atoms with Crippen LogP contribution in [-0.2, 0) is 0 Å². The molecule has 0 N–H and O–H groups in total. The minimum atomic E-state index is 0. The van der Waals surface area contributed by atoms with E-state index in [9.17, 15) is 0 Å². The summed E-state index contributed by atoms with van der Waals surface area (Å²) < 4.78 is 0.865. The molecule has 0 bridgehead atoms. The van der Waals surface area contributed by atoms with Crippen LogP contribution in [0.1, 0.15) is 20.3 Å². The summed E-state index contributed by atoms with van der Waals surface area (Å²) in [7, 11) is 0. The van der Waals surface area contributed by atoms with Crippen molar-refractivity contribution in [3.8, 4) is 6.07 Å². The second-order valence-corrected chi connectivity index (χ2v) is 3.52. The van der Waals surface area contributed by atoms with Crippen LogP contribution in [0.4, 0.5) is 0 Å². The first-order valence-corrected chi connectivity index (χ1v) is 5.41. The number of hydrogen-bond donors (Lipinski definition) is 0. The Morgan fingerprint density at radius 2 is 1.93 bits per heavy atom. The Morgan fingerprint density at radius 1 is 1.33 bits per heavy atom. The molecule has 0 spiro atoms. The monoisotopic (exact) mass is 291 g/mol. The maximum atomic E-state index is 8.75. The van der Waals surface area contributed by atoms with Gasteiger partial charge in [-0.1, -0.05) is 0 Å². The predicted molar refractivity (Wildman–Crippen MR) is 61.2 cm³/mol. The fourth-order valence-electron chi connectivity index (χ4n) is 1.52. The molecule has 3 nitrogen and oxygen atoms in total. The van der Waals surface area contributed by atoms with E-state index in [1.165, 1.54) is 0 Å². The van der Waals surface area contributed by atoms with Crippen molar-refractivity contribution >= 4 is 17.4 Å². The van der Waals surface area contributed by atoms with Crippen molar-refractivity contribution in [3.63, 3.8) is 0 Å². The number of nitriles is 1. The van der Waals surface area contributed by atoms with Crippen LogP contribution in [0.15, 0.2) is 4.99 Å². The van der Waals surface area contributed by atoms with Crippen molar-refractivity contribution in [3.05, 3.63) is 0 Å². The molecule has 0 aromatic carbocycles. The molecule has 0 atom stereocenters. The van der Waals surface area contributed by atoms with Gasteiger partial charge in [0.05, 0.1) is 31.3 Å². The first-order chi connectivity index (χ1) is 6.74. The SMILES string of the molecule is CC[N+](CC)(CC#N)CCCN=C=S.[Br-]. The molecule has 86 valence electrons. The third kappa shape index (κ3) is 6.75. The molecular formula is C10H18BrN3S. The maximum absolute atomic E-state index is 8.75. The first-order valence-electron chi connectivity index (χ1n) is 5.00. The highest BCUT2D eigenvalue weighted by Gasteiger charge is 2.21. The van der Waals surface area contributed by atoms with Crippen LogP contribution in [0, 0.1) is 11.3 Å². The average molecular weight is 292 g/mol. The second kappa shape index (κ2) is 10.3. The molecule has 0 aliphatic carbocycles. The van der Waals surface area contributed by atoms with Gasteiger partial charge in [-0.3, -0.25) is 0 Å². The van der Waals surface area contributed by atoms with Gasteiger partial charge in [-0.15, -0.1) is 0 Å². The lowest BCUT2D eigenvalue weighted by Crippen LogP contribution is -3.00. The number of thiocarbonyl (C=S) groups is 1. The minimum absolute atomic E-state index is 0. The van der Waals surface area contributed by atoms with E-state index in [1.807, 2.05) is 0 Å². The molecule has 0 radical (unpaired) electrons. The lowest BCUT2D eigenvalue weighted by Gasteiger charge is -2.34. The Bertz CT molecular complexity index is 240. The number of quaternary nitrogens is 1. The molecule has 5 heteroatoms. The molecule has 0 fully saturated rings. The third-order valence-electron chi connectivity index (χ3n) is 2.71. The molecule has 15 heavy (non-hydrogen) atoms. The normalized spacial score (nSPS) is 9.67. The zero-order valence-corrected chi connectivity index (χ0v) is 11.8. The van der Waals surface area contributed by atoms with Crippen molar-refractivity contribution in [2.24, 2.45) is 4.99 Å². The fourth-order valence-corrected chi connectivity index (χ4v) is 1.61. The largest absolute Gasteiger partial charge is 1.00 e. The Balaban J connectivity index is 0. The number of aliphatic imine (C=N–C) groups is 1. The van der Waals surface area contributed by atoms with Gasteiger partial charge in [0, 0.05) is 6.42 Å². The summed E-state index contributed by atoms with van der Waals surface area (Å²) in [6, 6.07) is 2.26. The Labute approximate surface area is 108 Å². The second-order valence-electron chi connectivity index (χ2n) is 3.34. The van der Waals surface area contributed by atoms with E-state index in [-0.39, 0.29) is 17.0 Å². The van der Waals surface area contributed by atoms with Crippen LogP contribution >= 0.6 is 12.2 Å². The summed E-state index contributed by atoms with van der Waals surface area (Å²) in [6.45, 7) is 8.59. The molecule has 0 unspecified atom stereocenters. The van der Waals surface area contributed by atoms with Gasteiger partial charge in [0.25, 0.3) is 0 Å². The van der Waals surface area contributed by atoms with Crippen molar-refractivity contribution in [2.45, 2.75) is 20.3 Å². The molecule has 0 aliphatic rings. The predicted octanol–water partition coefficient (Wildman–Crippen LogP) is -1.14. The highest BCUT2D eigenvalue weighted by molar-refractivity contribution is 7.78. The summed E-state index contributed by atoms with van der Waals surface area (Å²) in [5.74, 6) is 0. The quantitative estimate of drug-likeness (QED) is 0.196. The van der Waals surface area contributed by atoms with Crippen LogP contribution in [-0.4, -0.2) is 42.4 Å². The molecule has 0 amide bonds. The fraction of sp³-hybridized carbons (Fsp3) is 0.800. The first kappa shape index (κ1) is 17.1. The van der Waals surface area contributed by atoms with Crippen LogP contribution in [0.3, 0.4) is 0 Å². The van der Waals surface area contributed by atoms with E-state index < -0.39 is 0 Å². The van der Waals surface area contributed by atoms with E-state index in [2.05, 4.69) is 42.3 Å². The molecule has 0 saturated heterocycles. The van der Waals surface area contributed by atoms with E-state index >= 15 is 0 Å². The zero-order chi connectivity index (χ0) is 10.9. The van der Waals surface area contributed by atoms with Gasteiger partial charge >= 0.3 is 0 Å². The number of nitrogens with zero attached hydrogens (tertiary/aromatic N) is 3. The summed E-state index contributed by atoms with van der Waals surface area (Å²) >= 11 is 4.49. The van der Waals surface area contributed by atoms with Gasteiger partial charge in [0.2, 0.25) is 0 Å². The Morgan fingerprint density at radius 3 is 2.33 bits per heavy atom. The summed E-state index contributed by atoms with van der Waals surface area (Å²) in [4.78, 5) is 3.88. The van der Waals surface area contributed by atoms with Crippen molar-refractivity contribution in [2.75, 3.05) is 32.7 Å². The molecule has 0 rings (SSSR count). The zero-order valence-electron chi connectivity index (χ0n) is 9.37. The van der Waals surface area contributed by atoms with E-state index in [0.29, 0.717) is 6.54 Å². The molecule has 0 aromatic rings. The van der Waals surface area contributed by atoms with E-state index in [1.54, 1.807) is 0 Å². The molecule has 0 aliphatic heterocycles. The van der Waals surface area contributed by atoms with Gasteiger partial charge in [-0.25, -0.2) is 4.99 Å². The van der Waals surface area contributed by atoms with Crippen molar-refractivity contribution in [1.29, 1.82) is 5.26 Å². The number of rotatable bonds is 7. The van der Waals surface area contributed by atoms with E-state index in [0.717, 1.165) is 37.1 Å². The average Bonchev–Trinajstić information content (AvgIpc) is 2.23. The summed E-state index contributed by atoms with van der Waals surface area (Å²) in [5.41, 5.74) is 0. The summed E-state index contributed by atoms with van der Waals surface area (Å²) in [6.07, 6.45) is 0.979. The Hall–Kier alpha value is -0.270. The van der Waals surface area contributed by atoms with Gasteiger partial charge in [-0.2, -0.15) is 5.26 Å². The molecular weight excluding hydrogens is 274 g/mol. The van der Waals surface area contributed by atoms with Gasteiger partial charge in [-0.05, 0) is 26.1 Å². The van der Waals surface area contributed by atoms with Crippen LogP contribution in [0.5, 0.6) is 0 Å². The maximum Gasteiger partial charge on any atom is 0.166 e. The van der Waals surface area contributed by atoms with Crippen molar-refractivity contribution < 1.29 is 21.5 Å². The van der Waals surface area contributed by atoms with Gasteiger partial charge in [0.15, 0.2) is 6.54 Å². The highest BCUT2D eigenvalue weighted by Crippen LogP contribution is 2.06. The van der Waals surface area contributed by atoms with Crippen LogP contribution in [0.25, 0.3) is 0 Å². The van der Waals surface area contributed by atoms with Crippen molar-refractivity contribution in [1.82, 2.24) is 0 Å². The highest BCUT2D eigenvalue weighted by atomic mass is 79.9. The number of halogens is 1. The minimum Gasteiger partial charge on any atom is -1.00 e. The number of isothiocyanates is 1. The molecule has 0 saturated carbocycles. The third-order valence-corrected chi connectivity index (χ3v) is 2.84. The molecule has 0 aromatic heterocycles. The standard InChI is InChI=1S/C10H18N3S.BrH/c1-3-13(4-2,9-6-11)8-5-7-12-10-14;/h3-5,7-9H2,1-2H3;1H/q+1;/p-1. The molecule has 0 heterocycles. The topological polar surface area (TPSA) is 36.1 Å². The lowest BCUT2D eigenvalue weighted by atomic mass is 10.3. The van der Waals surface area contributed by atoms with Crippen LogP contribution < -0.4 is 17.0 Å². The van der Waals surface area contributed by atoms with Gasteiger partial charge in [0.1, 0.15) is 6.07 Å². The van der Waals surface area contributed by atoms with E-state index in [4.69, 9.17) is 5.26 Å². The van der Waals surface area contributed by atoms with Gasteiger partial charge < -0.3 is 21.5 Å². The lowest BCUT2D eigenvalue weighted by molar-refractivity contribution is -0.918. The Kier molecular flexibility index (Phi) is 11.7.